The Morgan fingerprint density at radius 2 is 1.44 bits per heavy atom. The maximum atomic E-state index is 12.7. The summed E-state index contributed by atoms with van der Waals surface area (Å²) in [5.41, 5.74) is 1.33. The van der Waals surface area contributed by atoms with Crippen LogP contribution >= 0.6 is 0 Å². The van der Waals surface area contributed by atoms with Crippen molar-refractivity contribution in [1.82, 2.24) is 9.80 Å². The SMILES string of the molecule is COc1cccc(C(=O)N2CCN(C(=O)C=Cc3cc(OC)c(OC)c(OC)c3)CC2)c1. The first-order chi connectivity index (χ1) is 15.5. The second-order valence-electron chi connectivity index (χ2n) is 7.14. The number of ether oxygens (including phenoxy) is 4. The summed E-state index contributed by atoms with van der Waals surface area (Å²) in [6.45, 7) is 1.88. The molecule has 2 aromatic rings. The van der Waals surface area contributed by atoms with E-state index < -0.39 is 0 Å². The molecule has 8 heteroatoms. The van der Waals surface area contributed by atoms with Gasteiger partial charge in [-0.05, 0) is 42.0 Å². The second kappa shape index (κ2) is 10.6. The van der Waals surface area contributed by atoms with Gasteiger partial charge in [-0.2, -0.15) is 0 Å². The van der Waals surface area contributed by atoms with Crippen molar-refractivity contribution in [2.24, 2.45) is 0 Å². The third kappa shape index (κ3) is 5.14. The van der Waals surface area contributed by atoms with Crippen molar-refractivity contribution in [3.05, 3.63) is 53.6 Å². The number of benzene rings is 2. The molecular formula is C24H28N2O6. The minimum Gasteiger partial charge on any atom is -0.497 e. The number of amides is 2. The molecule has 0 aromatic heterocycles. The van der Waals surface area contributed by atoms with Crippen molar-refractivity contribution in [3.63, 3.8) is 0 Å². The van der Waals surface area contributed by atoms with Gasteiger partial charge in [-0.25, -0.2) is 0 Å². The number of carbonyl (C=O) groups excluding carboxylic acids is 2. The lowest BCUT2D eigenvalue weighted by molar-refractivity contribution is -0.127. The summed E-state index contributed by atoms with van der Waals surface area (Å²) in [4.78, 5) is 28.9. The second-order valence-corrected chi connectivity index (χ2v) is 7.14. The molecule has 0 atom stereocenters. The standard InChI is InChI=1S/C24H28N2O6/c1-29-19-7-5-6-18(16-19)24(28)26-12-10-25(11-13-26)22(27)9-8-17-14-20(30-2)23(32-4)21(15-17)31-3/h5-9,14-16H,10-13H2,1-4H3. The van der Waals surface area contributed by atoms with Crippen LogP contribution in [-0.4, -0.2) is 76.2 Å². The van der Waals surface area contributed by atoms with Crippen LogP contribution in [0.3, 0.4) is 0 Å². The van der Waals surface area contributed by atoms with Crippen LogP contribution in [0.5, 0.6) is 23.0 Å². The van der Waals surface area contributed by atoms with E-state index in [0.717, 1.165) is 5.56 Å². The number of carbonyl (C=O) groups is 2. The molecule has 1 aliphatic rings. The lowest BCUT2D eigenvalue weighted by Gasteiger charge is -2.34. The minimum absolute atomic E-state index is 0.0658. The van der Waals surface area contributed by atoms with Gasteiger partial charge in [0.1, 0.15) is 5.75 Å². The largest absolute Gasteiger partial charge is 0.497 e. The van der Waals surface area contributed by atoms with Crippen LogP contribution in [0.2, 0.25) is 0 Å². The highest BCUT2D eigenvalue weighted by Gasteiger charge is 2.24. The first kappa shape index (κ1) is 23.0. The molecule has 170 valence electrons. The van der Waals surface area contributed by atoms with Crippen molar-refractivity contribution in [3.8, 4) is 23.0 Å². The molecule has 0 aliphatic carbocycles. The molecule has 0 saturated carbocycles. The maximum Gasteiger partial charge on any atom is 0.254 e. The first-order valence-corrected chi connectivity index (χ1v) is 10.2. The summed E-state index contributed by atoms with van der Waals surface area (Å²) in [5, 5.41) is 0. The van der Waals surface area contributed by atoms with E-state index in [1.54, 1.807) is 73.6 Å². The molecule has 0 N–H and O–H groups in total. The van der Waals surface area contributed by atoms with Gasteiger partial charge in [0.25, 0.3) is 5.91 Å². The van der Waals surface area contributed by atoms with Crippen molar-refractivity contribution < 1.29 is 28.5 Å². The molecule has 2 amide bonds. The van der Waals surface area contributed by atoms with Crippen molar-refractivity contribution >= 4 is 17.9 Å². The van der Waals surface area contributed by atoms with Crippen LogP contribution < -0.4 is 18.9 Å². The van der Waals surface area contributed by atoms with E-state index in [-0.39, 0.29) is 11.8 Å². The molecule has 3 rings (SSSR count). The predicted molar refractivity (Wildman–Crippen MR) is 121 cm³/mol. The molecule has 0 spiro atoms. The van der Waals surface area contributed by atoms with Gasteiger partial charge < -0.3 is 28.7 Å². The van der Waals surface area contributed by atoms with Gasteiger partial charge >= 0.3 is 0 Å². The quantitative estimate of drug-likeness (QED) is 0.616. The topological polar surface area (TPSA) is 77.5 Å². The van der Waals surface area contributed by atoms with Gasteiger partial charge in [0.15, 0.2) is 11.5 Å². The molecule has 1 heterocycles. The lowest BCUT2D eigenvalue weighted by Crippen LogP contribution is -2.50. The monoisotopic (exact) mass is 440 g/mol. The molecule has 0 bridgehead atoms. The molecule has 1 saturated heterocycles. The first-order valence-electron chi connectivity index (χ1n) is 10.2. The van der Waals surface area contributed by atoms with E-state index in [9.17, 15) is 9.59 Å². The molecule has 8 nitrogen and oxygen atoms in total. The molecular weight excluding hydrogens is 412 g/mol. The average molecular weight is 440 g/mol. The average Bonchev–Trinajstić information content (AvgIpc) is 2.86. The molecule has 2 aromatic carbocycles. The number of methoxy groups -OCH3 is 4. The number of piperazine rings is 1. The highest BCUT2D eigenvalue weighted by molar-refractivity contribution is 5.95. The normalized spacial score (nSPS) is 13.8. The Balaban J connectivity index is 1.62. The Bertz CT molecular complexity index is 971. The van der Waals surface area contributed by atoms with Gasteiger partial charge in [-0.15, -0.1) is 0 Å². The van der Waals surface area contributed by atoms with E-state index in [1.807, 2.05) is 0 Å². The van der Waals surface area contributed by atoms with Gasteiger partial charge in [0.2, 0.25) is 11.7 Å². The minimum atomic E-state index is -0.118. The zero-order valence-corrected chi connectivity index (χ0v) is 18.8. The number of hydrogen-bond donors (Lipinski definition) is 0. The van der Waals surface area contributed by atoms with Gasteiger partial charge in [0, 0.05) is 37.8 Å². The van der Waals surface area contributed by atoms with E-state index in [2.05, 4.69) is 0 Å². The van der Waals surface area contributed by atoms with Crippen LogP contribution in [0.15, 0.2) is 42.5 Å². The van der Waals surface area contributed by atoms with Gasteiger partial charge in [0.05, 0.1) is 28.4 Å². The van der Waals surface area contributed by atoms with Crippen molar-refractivity contribution in [2.75, 3.05) is 54.6 Å². The molecule has 0 unspecified atom stereocenters. The van der Waals surface area contributed by atoms with Crippen LogP contribution in [0.1, 0.15) is 15.9 Å². The van der Waals surface area contributed by atoms with E-state index in [0.29, 0.717) is 54.7 Å². The summed E-state index contributed by atoms with van der Waals surface area (Å²) in [6.07, 6.45) is 3.22. The number of nitrogens with zero attached hydrogens (tertiary/aromatic N) is 2. The zero-order chi connectivity index (χ0) is 23.1. The van der Waals surface area contributed by atoms with E-state index >= 15 is 0 Å². The summed E-state index contributed by atoms with van der Waals surface area (Å²) in [7, 11) is 6.20. The third-order valence-electron chi connectivity index (χ3n) is 5.30. The summed E-state index contributed by atoms with van der Waals surface area (Å²) in [6, 6.07) is 10.6. The molecule has 1 fully saturated rings. The third-order valence-corrected chi connectivity index (χ3v) is 5.30. The fourth-order valence-corrected chi connectivity index (χ4v) is 3.54. The van der Waals surface area contributed by atoms with Crippen molar-refractivity contribution in [1.29, 1.82) is 0 Å². The molecule has 1 aliphatic heterocycles. The number of rotatable bonds is 7. The Labute approximate surface area is 187 Å². The molecule has 32 heavy (non-hydrogen) atoms. The predicted octanol–water partition coefficient (Wildman–Crippen LogP) is 2.72. The van der Waals surface area contributed by atoms with Crippen LogP contribution in [0.4, 0.5) is 0 Å². The van der Waals surface area contributed by atoms with Gasteiger partial charge in [-0.3, -0.25) is 9.59 Å². The highest BCUT2D eigenvalue weighted by atomic mass is 16.5. The highest BCUT2D eigenvalue weighted by Crippen LogP contribution is 2.38. The smallest absolute Gasteiger partial charge is 0.254 e. The Morgan fingerprint density at radius 1 is 0.812 bits per heavy atom. The summed E-state index contributed by atoms with van der Waals surface area (Å²) >= 11 is 0. The van der Waals surface area contributed by atoms with Gasteiger partial charge in [-0.1, -0.05) is 6.07 Å². The number of hydrogen-bond acceptors (Lipinski definition) is 6. The maximum absolute atomic E-state index is 12.7. The Kier molecular flexibility index (Phi) is 7.59. The lowest BCUT2D eigenvalue weighted by atomic mass is 10.1. The Morgan fingerprint density at radius 3 is 2.00 bits per heavy atom. The fourth-order valence-electron chi connectivity index (χ4n) is 3.54. The zero-order valence-electron chi connectivity index (χ0n) is 18.8. The van der Waals surface area contributed by atoms with Crippen molar-refractivity contribution in [2.45, 2.75) is 0 Å². The fraction of sp³-hybridized carbons (Fsp3) is 0.333. The van der Waals surface area contributed by atoms with Crippen LogP contribution in [-0.2, 0) is 4.79 Å². The van der Waals surface area contributed by atoms with E-state index in [4.69, 9.17) is 18.9 Å². The Hall–Kier alpha value is -3.68. The summed E-state index contributed by atoms with van der Waals surface area (Å²) in [5.74, 6) is 1.99. The molecule has 0 radical (unpaired) electrons. The summed E-state index contributed by atoms with van der Waals surface area (Å²) < 4.78 is 21.2. The van der Waals surface area contributed by atoms with E-state index in [1.165, 1.54) is 13.2 Å². The van der Waals surface area contributed by atoms with Crippen LogP contribution in [0.25, 0.3) is 6.08 Å². The van der Waals surface area contributed by atoms with Crippen LogP contribution in [0, 0.1) is 0 Å².